The number of allylic oxidation sites excluding steroid dienone is 6. The lowest BCUT2D eigenvalue weighted by Gasteiger charge is -2.32. The van der Waals surface area contributed by atoms with Gasteiger partial charge in [-0.3, -0.25) is 0 Å². The van der Waals surface area contributed by atoms with E-state index < -0.39 is 0 Å². The van der Waals surface area contributed by atoms with Gasteiger partial charge in [-0.1, -0.05) is 117 Å². The molecule has 6 aromatic carbocycles. The third-order valence-corrected chi connectivity index (χ3v) is 11.8. The van der Waals surface area contributed by atoms with Crippen molar-refractivity contribution in [3.8, 4) is 22.3 Å². The van der Waals surface area contributed by atoms with E-state index in [0.29, 0.717) is 0 Å². The van der Waals surface area contributed by atoms with E-state index in [-0.39, 0.29) is 5.41 Å². The van der Waals surface area contributed by atoms with Crippen LogP contribution in [0.4, 0.5) is 11.4 Å². The van der Waals surface area contributed by atoms with Crippen molar-refractivity contribution < 1.29 is 0 Å². The monoisotopic (exact) mass is 643 g/mol. The first-order valence-corrected chi connectivity index (χ1v) is 18.4. The van der Waals surface area contributed by atoms with Gasteiger partial charge in [0.2, 0.25) is 0 Å². The van der Waals surface area contributed by atoms with Gasteiger partial charge < -0.3 is 4.90 Å². The van der Waals surface area contributed by atoms with Crippen molar-refractivity contribution in [3.05, 3.63) is 167 Å². The molecular formula is C49H41N. The van der Waals surface area contributed by atoms with Crippen molar-refractivity contribution in [2.45, 2.75) is 57.8 Å². The van der Waals surface area contributed by atoms with E-state index in [2.05, 4.69) is 158 Å². The Labute approximate surface area is 295 Å². The lowest BCUT2D eigenvalue weighted by Crippen LogP contribution is -2.19. The second-order valence-corrected chi connectivity index (χ2v) is 15.0. The minimum absolute atomic E-state index is 0.0206. The first kappa shape index (κ1) is 29.5. The third kappa shape index (κ3) is 4.46. The SMILES string of the molecule is CC1(C)c2ccccc2-c2cc(N(C3=CC=CCC3)c3cc4cc(-c5ccc6c(c5)C=CCC6)c5c(c4c4ccccc34)C=CCC5)ccc21. The molecular weight excluding hydrogens is 603 g/mol. The van der Waals surface area contributed by atoms with Crippen LogP contribution in [-0.2, 0) is 18.3 Å². The van der Waals surface area contributed by atoms with Crippen LogP contribution in [0.15, 0.2) is 133 Å². The fraction of sp³-hybridized carbons (Fsp3) is 0.184. The first-order valence-electron chi connectivity index (χ1n) is 18.4. The normalized spacial score (nSPS) is 16.6. The Kier molecular flexibility index (Phi) is 6.68. The number of aryl methyl sites for hydroxylation is 1. The molecule has 50 heavy (non-hydrogen) atoms. The van der Waals surface area contributed by atoms with E-state index in [1.807, 2.05) is 0 Å². The third-order valence-electron chi connectivity index (χ3n) is 11.8. The zero-order chi connectivity index (χ0) is 33.4. The molecule has 0 spiro atoms. The van der Waals surface area contributed by atoms with Gasteiger partial charge in [-0.25, -0.2) is 0 Å². The second kappa shape index (κ2) is 11.3. The van der Waals surface area contributed by atoms with Crippen LogP contribution in [-0.4, -0.2) is 0 Å². The quantitative estimate of drug-likeness (QED) is 0.173. The smallest absolute Gasteiger partial charge is 0.0543 e. The summed E-state index contributed by atoms with van der Waals surface area (Å²) in [6.07, 6.45) is 22.8. The van der Waals surface area contributed by atoms with Crippen LogP contribution >= 0.6 is 0 Å². The van der Waals surface area contributed by atoms with Gasteiger partial charge in [-0.15, -0.1) is 0 Å². The molecule has 242 valence electrons. The van der Waals surface area contributed by atoms with Crippen LogP contribution in [0.2, 0.25) is 0 Å². The first-order chi connectivity index (χ1) is 24.6. The van der Waals surface area contributed by atoms with Crippen LogP contribution in [0.5, 0.6) is 0 Å². The van der Waals surface area contributed by atoms with E-state index in [9.17, 15) is 0 Å². The topological polar surface area (TPSA) is 3.24 Å². The zero-order valence-corrected chi connectivity index (χ0v) is 29.0. The Morgan fingerprint density at radius 1 is 0.620 bits per heavy atom. The largest absolute Gasteiger partial charge is 0.314 e. The summed E-state index contributed by atoms with van der Waals surface area (Å²) in [5, 5.41) is 5.30. The predicted molar refractivity (Wildman–Crippen MR) is 214 cm³/mol. The summed E-state index contributed by atoms with van der Waals surface area (Å²) in [6, 6.07) is 37.5. The average Bonchev–Trinajstić information content (AvgIpc) is 3.40. The molecule has 1 nitrogen and oxygen atoms in total. The van der Waals surface area contributed by atoms with Crippen molar-refractivity contribution >= 4 is 45.1 Å². The molecule has 0 saturated heterocycles. The maximum Gasteiger partial charge on any atom is 0.0543 e. The van der Waals surface area contributed by atoms with Gasteiger partial charge in [0.1, 0.15) is 0 Å². The van der Waals surface area contributed by atoms with E-state index in [1.165, 1.54) is 94.3 Å². The number of nitrogens with zero attached hydrogens (tertiary/aromatic N) is 1. The molecule has 6 aromatic rings. The summed E-state index contributed by atoms with van der Waals surface area (Å²) >= 11 is 0. The molecule has 0 bridgehead atoms. The van der Waals surface area contributed by atoms with Gasteiger partial charge in [-0.05, 0) is 147 Å². The van der Waals surface area contributed by atoms with Gasteiger partial charge in [-0.2, -0.15) is 0 Å². The van der Waals surface area contributed by atoms with Gasteiger partial charge in [0.25, 0.3) is 0 Å². The van der Waals surface area contributed by atoms with E-state index >= 15 is 0 Å². The minimum atomic E-state index is -0.0206. The van der Waals surface area contributed by atoms with Crippen molar-refractivity contribution in [1.29, 1.82) is 0 Å². The van der Waals surface area contributed by atoms with E-state index in [0.717, 1.165) is 38.5 Å². The molecule has 0 atom stereocenters. The molecule has 0 radical (unpaired) electrons. The Bertz CT molecular complexity index is 2520. The molecule has 0 aromatic heterocycles. The van der Waals surface area contributed by atoms with Crippen LogP contribution in [0.25, 0.3) is 56.0 Å². The van der Waals surface area contributed by atoms with Crippen molar-refractivity contribution in [2.24, 2.45) is 0 Å². The summed E-state index contributed by atoms with van der Waals surface area (Å²) in [6.45, 7) is 4.73. The number of benzene rings is 6. The maximum absolute atomic E-state index is 2.57. The number of hydrogen-bond donors (Lipinski definition) is 0. The molecule has 0 fully saturated rings. The lowest BCUT2D eigenvalue weighted by molar-refractivity contribution is 0.660. The Morgan fingerprint density at radius 2 is 1.42 bits per heavy atom. The van der Waals surface area contributed by atoms with Crippen LogP contribution < -0.4 is 4.90 Å². The van der Waals surface area contributed by atoms with Gasteiger partial charge in [0.05, 0.1) is 5.69 Å². The van der Waals surface area contributed by atoms with E-state index in [1.54, 1.807) is 0 Å². The van der Waals surface area contributed by atoms with E-state index in [4.69, 9.17) is 0 Å². The summed E-state index contributed by atoms with van der Waals surface area (Å²) in [7, 11) is 0. The molecule has 0 amide bonds. The Hall–Kier alpha value is -5.40. The highest BCUT2D eigenvalue weighted by Crippen LogP contribution is 2.51. The summed E-state index contributed by atoms with van der Waals surface area (Å²) in [4.78, 5) is 2.57. The summed E-state index contributed by atoms with van der Waals surface area (Å²) in [5.41, 5.74) is 17.7. The summed E-state index contributed by atoms with van der Waals surface area (Å²) < 4.78 is 0. The summed E-state index contributed by atoms with van der Waals surface area (Å²) in [5.74, 6) is 0. The minimum Gasteiger partial charge on any atom is -0.314 e. The van der Waals surface area contributed by atoms with Crippen LogP contribution in [0.3, 0.4) is 0 Å². The predicted octanol–water partition coefficient (Wildman–Crippen LogP) is 13.3. The molecule has 0 aliphatic heterocycles. The van der Waals surface area contributed by atoms with Crippen molar-refractivity contribution in [1.82, 2.24) is 0 Å². The maximum atomic E-state index is 2.57. The molecule has 0 N–H and O–H groups in total. The highest BCUT2D eigenvalue weighted by atomic mass is 15.1. The van der Waals surface area contributed by atoms with Gasteiger partial charge >= 0.3 is 0 Å². The average molecular weight is 644 g/mol. The van der Waals surface area contributed by atoms with Gasteiger partial charge in [0.15, 0.2) is 0 Å². The number of anilines is 2. The van der Waals surface area contributed by atoms with Crippen LogP contribution in [0.1, 0.15) is 72.9 Å². The Morgan fingerprint density at radius 3 is 2.32 bits per heavy atom. The standard InChI is InChI=1S/C49H41N/c1-49(2)45-23-13-12-19-39(45)44-31-37(26-27-46(44)49)50(36-16-4-3-5-17-36)47-30-35-29-43(34-25-24-32-14-6-7-15-33(32)28-34)38-18-8-10-21-41(38)48(35)42-22-11-9-20-40(42)47/h3-4,7,9-13,15-16,19-31H,5-6,8,14,17-18H2,1-2H3. The molecule has 0 saturated carbocycles. The highest BCUT2D eigenvalue weighted by Gasteiger charge is 2.36. The number of rotatable bonds is 4. The fourth-order valence-corrected chi connectivity index (χ4v) is 9.33. The number of fused-ring (bicyclic) bond motifs is 9. The second-order valence-electron chi connectivity index (χ2n) is 15.0. The number of hydrogen-bond acceptors (Lipinski definition) is 1. The molecule has 4 aliphatic carbocycles. The fourth-order valence-electron chi connectivity index (χ4n) is 9.33. The van der Waals surface area contributed by atoms with Crippen molar-refractivity contribution in [3.63, 3.8) is 0 Å². The zero-order valence-electron chi connectivity index (χ0n) is 29.0. The lowest BCUT2D eigenvalue weighted by atomic mass is 9.82. The highest BCUT2D eigenvalue weighted by molar-refractivity contribution is 6.18. The van der Waals surface area contributed by atoms with Gasteiger partial charge in [0, 0.05) is 22.2 Å². The molecule has 1 heteroatoms. The molecule has 10 rings (SSSR count). The molecule has 0 unspecified atom stereocenters. The van der Waals surface area contributed by atoms with Crippen LogP contribution in [0, 0.1) is 0 Å². The Balaban J connectivity index is 1.24. The molecule has 4 aliphatic rings. The molecule has 0 heterocycles. The van der Waals surface area contributed by atoms with Crippen molar-refractivity contribution in [2.75, 3.05) is 4.90 Å².